The lowest BCUT2D eigenvalue weighted by molar-refractivity contribution is 0.854. The van der Waals surface area contributed by atoms with Crippen molar-refractivity contribution < 1.29 is 0 Å². The lowest BCUT2D eigenvalue weighted by Gasteiger charge is -2.06. The summed E-state index contributed by atoms with van der Waals surface area (Å²) in [6.45, 7) is 0. The molecule has 2 heteroatoms. The van der Waals surface area contributed by atoms with Crippen LogP contribution in [0.3, 0.4) is 0 Å². The summed E-state index contributed by atoms with van der Waals surface area (Å²) in [6, 6.07) is 8.65. The minimum atomic E-state index is 1.01. The third-order valence-electron chi connectivity index (χ3n) is 3.89. The van der Waals surface area contributed by atoms with Gasteiger partial charge in [-0.05, 0) is 35.3 Å². The number of halogens is 1. The largest absolute Gasteiger partial charge is 0.344 e. The van der Waals surface area contributed by atoms with E-state index < -0.39 is 0 Å². The first-order valence-electron chi connectivity index (χ1n) is 6.12. The van der Waals surface area contributed by atoms with Gasteiger partial charge in [0.05, 0.1) is 0 Å². The standard InChI is InChI=1S/C16H12BrN/c1-18-14-9-11(17)6-7-13(14)16-12-5-3-2-4-10(12)8-15(16)18/h2-6,8-9H,7H2,1H3. The van der Waals surface area contributed by atoms with E-state index in [0.717, 1.165) is 6.42 Å². The van der Waals surface area contributed by atoms with Crippen LogP contribution in [0.2, 0.25) is 0 Å². The fourth-order valence-electron chi connectivity index (χ4n) is 3.03. The maximum Gasteiger partial charge on any atom is 0.0498 e. The molecule has 0 unspecified atom stereocenters. The number of fused-ring (bicyclic) bond motifs is 5. The smallest absolute Gasteiger partial charge is 0.0498 e. The molecule has 1 heterocycles. The third kappa shape index (κ3) is 1.21. The number of benzene rings is 1. The highest BCUT2D eigenvalue weighted by Gasteiger charge is 2.21. The molecule has 0 saturated carbocycles. The summed E-state index contributed by atoms with van der Waals surface area (Å²) in [5.74, 6) is 0. The summed E-state index contributed by atoms with van der Waals surface area (Å²) < 4.78 is 3.49. The Labute approximate surface area is 114 Å². The SMILES string of the molecule is Cn1c2c(c3c1=Cc1ccccc1-3)CC=C(Br)C=2. The van der Waals surface area contributed by atoms with Gasteiger partial charge < -0.3 is 4.57 Å². The minimum absolute atomic E-state index is 1.01. The number of aromatic nitrogens is 1. The van der Waals surface area contributed by atoms with Gasteiger partial charge in [-0.15, -0.1) is 0 Å². The zero-order chi connectivity index (χ0) is 12.3. The highest BCUT2D eigenvalue weighted by atomic mass is 79.9. The lowest BCUT2D eigenvalue weighted by Crippen LogP contribution is -2.24. The first-order chi connectivity index (χ1) is 8.75. The van der Waals surface area contributed by atoms with Crippen LogP contribution >= 0.6 is 15.9 Å². The van der Waals surface area contributed by atoms with E-state index in [1.165, 1.54) is 37.4 Å². The molecule has 0 amide bonds. The fourth-order valence-corrected chi connectivity index (χ4v) is 3.41. The van der Waals surface area contributed by atoms with Gasteiger partial charge in [0.1, 0.15) is 0 Å². The van der Waals surface area contributed by atoms with Gasteiger partial charge in [0.2, 0.25) is 0 Å². The molecule has 0 atom stereocenters. The molecule has 0 fully saturated rings. The molecule has 0 spiro atoms. The predicted octanol–water partition coefficient (Wildman–Crippen LogP) is 2.45. The average molecular weight is 298 g/mol. The normalized spacial score (nSPS) is 15.1. The van der Waals surface area contributed by atoms with Crippen LogP contribution in [0.1, 0.15) is 11.1 Å². The molecular weight excluding hydrogens is 286 g/mol. The second-order valence-corrected chi connectivity index (χ2v) is 5.77. The molecule has 0 radical (unpaired) electrons. The van der Waals surface area contributed by atoms with Gasteiger partial charge >= 0.3 is 0 Å². The summed E-state index contributed by atoms with van der Waals surface area (Å²) in [6.07, 6.45) is 7.76. The first-order valence-corrected chi connectivity index (χ1v) is 6.91. The topological polar surface area (TPSA) is 4.93 Å². The Kier molecular flexibility index (Phi) is 2.01. The van der Waals surface area contributed by atoms with Gasteiger partial charge in [-0.3, -0.25) is 0 Å². The molecule has 2 aliphatic carbocycles. The number of rotatable bonds is 0. The summed E-state index contributed by atoms with van der Waals surface area (Å²) in [4.78, 5) is 0. The maximum absolute atomic E-state index is 3.58. The van der Waals surface area contributed by atoms with Crippen LogP contribution in [0.4, 0.5) is 0 Å². The zero-order valence-electron chi connectivity index (χ0n) is 10.1. The molecule has 2 aliphatic rings. The molecule has 0 N–H and O–H groups in total. The number of hydrogen-bond acceptors (Lipinski definition) is 0. The van der Waals surface area contributed by atoms with E-state index >= 15 is 0 Å². The molecule has 4 rings (SSSR count). The van der Waals surface area contributed by atoms with Crippen molar-refractivity contribution in [1.82, 2.24) is 4.57 Å². The van der Waals surface area contributed by atoms with E-state index in [-0.39, 0.29) is 0 Å². The monoisotopic (exact) mass is 297 g/mol. The van der Waals surface area contributed by atoms with Crippen molar-refractivity contribution >= 4 is 28.1 Å². The van der Waals surface area contributed by atoms with Crippen LogP contribution in [0.15, 0.2) is 34.8 Å². The molecule has 18 heavy (non-hydrogen) atoms. The van der Waals surface area contributed by atoms with E-state index in [9.17, 15) is 0 Å². The summed E-state index contributed by atoms with van der Waals surface area (Å²) in [7, 11) is 2.15. The Balaban J connectivity index is 2.16. The zero-order valence-corrected chi connectivity index (χ0v) is 11.7. The van der Waals surface area contributed by atoms with E-state index in [4.69, 9.17) is 0 Å². The van der Waals surface area contributed by atoms with Crippen molar-refractivity contribution in [3.05, 3.63) is 56.6 Å². The molecule has 1 aromatic carbocycles. The van der Waals surface area contributed by atoms with Crippen LogP contribution in [0, 0.1) is 0 Å². The lowest BCUT2D eigenvalue weighted by atomic mass is 9.99. The Morgan fingerprint density at radius 1 is 1.11 bits per heavy atom. The van der Waals surface area contributed by atoms with Crippen LogP contribution in [-0.2, 0) is 13.5 Å². The van der Waals surface area contributed by atoms with Crippen molar-refractivity contribution in [3.8, 4) is 11.1 Å². The van der Waals surface area contributed by atoms with Gasteiger partial charge in [0.25, 0.3) is 0 Å². The summed E-state index contributed by atoms with van der Waals surface area (Å²) in [5.41, 5.74) is 5.60. The van der Waals surface area contributed by atoms with Crippen molar-refractivity contribution in [1.29, 1.82) is 0 Å². The van der Waals surface area contributed by atoms with Crippen molar-refractivity contribution in [2.45, 2.75) is 6.42 Å². The van der Waals surface area contributed by atoms with Crippen LogP contribution in [0.5, 0.6) is 0 Å². The third-order valence-corrected chi connectivity index (χ3v) is 4.44. The van der Waals surface area contributed by atoms with Crippen molar-refractivity contribution in [2.24, 2.45) is 7.05 Å². The highest BCUT2D eigenvalue weighted by Crippen LogP contribution is 2.30. The Morgan fingerprint density at radius 3 is 2.83 bits per heavy atom. The van der Waals surface area contributed by atoms with Gasteiger partial charge in [0.15, 0.2) is 0 Å². The Morgan fingerprint density at radius 2 is 1.94 bits per heavy atom. The molecule has 0 saturated heterocycles. The predicted molar refractivity (Wildman–Crippen MR) is 78.8 cm³/mol. The van der Waals surface area contributed by atoms with Crippen molar-refractivity contribution in [2.75, 3.05) is 0 Å². The first kappa shape index (κ1) is 10.4. The van der Waals surface area contributed by atoms with E-state index in [2.05, 4.69) is 70.0 Å². The molecule has 88 valence electrons. The molecule has 0 aliphatic heterocycles. The molecular formula is C16H12BrN. The quantitative estimate of drug-likeness (QED) is 0.601. The molecule has 1 nitrogen and oxygen atoms in total. The molecule has 2 aromatic rings. The van der Waals surface area contributed by atoms with Gasteiger partial charge in [0, 0.05) is 27.8 Å². The van der Waals surface area contributed by atoms with E-state index in [1.54, 1.807) is 0 Å². The average Bonchev–Trinajstić information content (AvgIpc) is 2.87. The number of hydrogen-bond donors (Lipinski definition) is 0. The highest BCUT2D eigenvalue weighted by molar-refractivity contribution is 9.12. The van der Waals surface area contributed by atoms with Gasteiger partial charge in [-0.1, -0.05) is 46.3 Å². The Bertz CT molecular complexity index is 822. The van der Waals surface area contributed by atoms with E-state index in [1.807, 2.05) is 0 Å². The number of nitrogens with zero attached hydrogens (tertiary/aromatic N) is 1. The van der Waals surface area contributed by atoms with Crippen LogP contribution in [0.25, 0.3) is 23.3 Å². The number of allylic oxidation sites excluding steroid dienone is 2. The molecule has 1 aromatic heterocycles. The second kappa shape index (κ2) is 3.48. The van der Waals surface area contributed by atoms with E-state index in [0.29, 0.717) is 0 Å². The maximum atomic E-state index is 3.58. The fraction of sp³-hybridized carbons (Fsp3) is 0.125. The summed E-state index contributed by atoms with van der Waals surface area (Å²) in [5, 5.41) is 2.67. The molecule has 0 bridgehead atoms. The van der Waals surface area contributed by atoms with Crippen LogP contribution in [-0.4, -0.2) is 4.57 Å². The van der Waals surface area contributed by atoms with Gasteiger partial charge in [-0.2, -0.15) is 0 Å². The van der Waals surface area contributed by atoms with Crippen LogP contribution < -0.4 is 10.7 Å². The van der Waals surface area contributed by atoms with Gasteiger partial charge in [-0.25, -0.2) is 0 Å². The second-order valence-electron chi connectivity index (χ2n) is 4.85. The van der Waals surface area contributed by atoms with Crippen molar-refractivity contribution in [3.63, 3.8) is 0 Å². The summed E-state index contributed by atoms with van der Waals surface area (Å²) >= 11 is 3.58. The Hall–Kier alpha value is -1.54. The minimum Gasteiger partial charge on any atom is -0.344 e.